The maximum Gasteiger partial charge on any atom is 0.157 e. The second-order valence-corrected chi connectivity index (χ2v) is 3.81. The number of nitrogens with zero attached hydrogens (tertiary/aromatic N) is 3. The van der Waals surface area contributed by atoms with E-state index in [2.05, 4.69) is 10.1 Å². The van der Waals surface area contributed by atoms with E-state index in [9.17, 15) is 0 Å². The van der Waals surface area contributed by atoms with Crippen LogP contribution in [0.25, 0.3) is 5.82 Å². The summed E-state index contributed by atoms with van der Waals surface area (Å²) in [6, 6.07) is 5.32. The van der Waals surface area contributed by atoms with E-state index in [-0.39, 0.29) is 0 Å². The Balaban J connectivity index is 2.58. The number of hydrogen-bond donors (Lipinski definition) is 1. The molecule has 0 saturated heterocycles. The van der Waals surface area contributed by atoms with Crippen LogP contribution >= 0.6 is 11.6 Å². The van der Waals surface area contributed by atoms with Crippen molar-refractivity contribution in [3.05, 3.63) is 34.7 Å². The smallest absolute Gasteiger partial charge is 0.157 e. The lowest BCUT2D eigenvalue weighted by molar-refractivity contribution is 0.807. The van der Waals surface area contributed by atoms with E-state index in [1.807, 2.05) is 19.9 Å². The highest BCUT2D eigenvalue weighted by atomic mass is 35.5. The van der Waals surface area contributed by atoms with Crippen molar-refractivity contribution in [3.63, 3.8) is 0 Å². The lowest BCUT2D eigenvalue weighted by atomic mass is 10.4. The van der Waals surface area contributed by atoms with Gasteiger partial charge in [-0.05, 0) is 26.0 Å². The van der Waals surface area contributed by atoms with E-state index < -0.39 is 0 Å². The first-order valence-corrected chi connectivity index (χ1v) is 4.91. The third-order valence-corrected chi connectivity index (χ3v) is 2.22. The molecule has 0 aliphatic heterocycles. The molecule has 5 heteroatoms. The van der Waals surface area contributed by atoms with Gasteiger partial charge in [-0.3, -0.25) is 0 Å². The van der Waals surface area contributed by atoms with Gasteiger partial charge < -0.3 is 5.73 Å². The van der Waals surface area contributed by atoms with Crippen LogP contribution in [0.4, 0.5) is 5.69 Å². The minimum absolute atomic E-state index is 0.373. The van der Waals surface area contributed by atoms with Crippen molar-refractivity contribution in [3.8, 4) is 5.82 Å². The highest BCUT2D eigenvalue weighted by Gasteiger charge is 2.06. The van der Waals surface area contributed by atoms with Gasteiger partial charge in [0.05, 0.1) is 5.69 Å². The van der Waals surface area contributed by atoms with Crippen LogP contribution in [0.15, 0.2) is 18.2 Å². The van der Waals surface area contributed by atoms with Gasteiger partial charge in [-0.15, -0.1) is 0 Å². The zero-order valence-electron chi connectivity index (χ0n) is 8.53. The average molecular weight is 223 g/mol. The molecule has 0 spiro atoms. The first-order chi connectivity index (χ1) is 7.06. The Hall–Kier alpha value is -1.55. The molecular weight excluding hydrogens is 212 g/mol. The van der Waals surface area contributed by atoms with Crippen molar-refractivity contribution in [2.24, 2.45) is 0 Å². The number of aromatic nitrogens is 3. The predicted molar refractivity (Wildman–Crippen MR) is 60.3 cm³/mol. The van der Waals surface area contributed by atoms with Crippen LogP contribution in [0.5, 0.6) is 0 Å². The van der Waals surface area contributed by atoms with E-state index in [4.69, 9.17) is 17.3 Å². The van der Waals surface area contributed by atoms with Gasteiger partial charge in [-0.1, -0.05) is 11.6 Å². The molecule has 0 fully saturated rings. The summed E-state index contributed by atoms with van der Waals surface area (Å²) < 4.78 is 1.72. The van der Waals surface area contributed by atoms with Gasteiger partial charge >= 0.3 is 0 Å². The Labute approximate surface area is 92.7 Å². The quantitative estimate of drug-likeness (QED) is 0.752. The van der Waals surface area contributed by atoms with Crippen molar-refractivity contribution < 1.29 is 0 Å². The van der Waals surface area contributed by atoms with Crippen LogP contribution in [0.2, 0.25) is 5.15 Å². The van der Waals surface area contributed by atoms with Crippen LogP contribution in [-0.2, 0) is 0 Å². The third-order valence-electron chi connectivity index (χ3n) is 2.03. The lowest BCUT2D eigenvalue weighted by Gasteiger charge is -2.04. The Morgan fingerprint density at radius 3 is 2.53 bits per heavy atom. The summed E-state index contributed by atoms with van der Waals surface area (Å²) in [5.74, 6) is 0.644. The molecule has 0 amide bonds. The molecular formula is C10H11ClN4. The number of hydrogen-bond acceptors (Lipinski definition) is 3. The Bertz CT molecular complexity index is 484. The number of pyridine rings is 1. The summed E-state index contributed by atoms with van der Waals surface area (Å²) in [7, 11) is 0. The van der Waals surface area contributed by atoms with E-state index in [1.165, 1.54) is 0 Å². The van der Waals surface area contributed by atoms with Crippen molar-refractivity contribution in [2.75, 3.05) is 5.73 Å². The van der Waals surface area contributed by atoms with E-state index in [0.29, 0.717) is 16.7 Å². The number of anilines is 1. The normalized spacial score (nSPS) is 10.6. The van der Waals surface area contributed by atoms with E-state index in [0.717, 1.165) is 11.4 Å². The highest BCUT2D eigenvalue weighted by molar-refractivity contribution is 6.29. The van der Waals surface area contributed by atoms with E-state index in [1.54, 1.807) is 16.8 Å². The molecule has 15 heavy (non-hydrogen) atoms. The fourth-order valence-electron chi connectivity index (χ4n) is 1.47. The molecule has 2 aromatic rings. The topological polar surface area (TPSA) is 56.7 Å². The molecule has 0 unspecified atom stereocenters. The summed E-state index contributed by atoms with van der Waals surface area (Å²) in [5, 5.41) is 4.68. The molecule has 0 atom stereocenters. The number of nitrogens with two attached hydrogens (primary N) is 1. The lowest BCUT2D eigenvalue weighted by Crippen LogP contribution is -2.03. The third kappa shape index (κ3) is 1.94. The number of rotatable bonds is 1. The molecule has 2 N–H and O–H groups in total. The molecule has 78 valence electrons. The Morgan fingerprint density at radius 2 is 2.00 bits per heavy atom. The number of aryl methyl sites for hydroxylation is 2. The van der Waals surface area contributed by atoms with Gasteiger partial charge in [0.25, 0.3) is 0 Å². The molecule has 0 saturated carbocycles. The molecule has 0 radical (unpaired) electrons. The standard InChI is InChI=1S/C10H11ClN4/c1-6-3-7(2)15(14-6)10-5-8(12)4-9(11)13-10/h3-5H,1-2H3,(H2,12,13). The highest BCUT2D eigenvalue weighted by Crippen LogP contribution is 2.16. The monoisotopic (exact) mass is 222 g/mol. The summed E-state index contributed by atoms with van der Waals surface area (Å²) in [6.07, 6.45) is 0. The maximum atomic E-state index is 5.83. The molecule has 4 nitrogen and oxygen atoms in total. The number of nitrogen functional groups attached to an aromatic ring is 1. The van der Waals surface area contributed by atoms with Gasteiger partial charge in [-0.2, -0.15) is 5.10 Å². The Kier molecular flexibility index (Phi) is 2.36. The predicted octanol–water partition coefficient (Wildman–Crippen LogP) is 2.12. The summed E-state index contributed by atoms with van der Waals surface area (Å²) in [4.78, 5) is 4.16. The molecule has 0 bridgehead atoms. The van der Waals surface area contributed by atoms with E-state index >= 15 is 0 Å². The maximum absolute atomic E-state index is 5.83. The molecule has 0 aromatic carbocycles. The van der Waals surface area contributed by atoms with Crippen molar-refractivity contribution in [1.82, 2.24) is 14.8 Å². The molecule has 2 rings (SSSR count). The van der Waals surface area contributed by atoms with Gasteiger partial charge in [0.1, 0.15) is 5.15 Å². The summed E-state index contributed by atoms with van der Waals surface area (Å²) >= 11 is 5.83. The SMILES string of the molecule is Cc1cc(C)n(-c2cc(N)cc(Cl)n2)n1. The van der Waals surface area contributed by atoms with Crippen LogP contribution < -0.4 is 5.73 Å². The van der Waals surface area contributed by atoms with Crippen LogP contribution in [0.3, 0.4) is 0 Å². The molecule has 0 aliphatic carbocycles. The summed E-state index contributed by atoms with van der Waals surface area (Å²) in [6.45, 7) is 3.89. The minimum atomic E-state index is 0.373. The summed E-state index contributed by atoms with van der Waals surface area (Å²) in [5.41, 5.74) is 8.21. The zero-order valence-corrected chi connectivity index (χ0v) is 9.28. The zero-order chi connectivity index (χ0) is 11.0. The number of halogens is 1. The second-order valence-electron chi connectivity index (χ2n) is 3.42. The van der Waals surface area contributed by atoms with Gasteiger partial charge in [0.2, 0.25) is 0 Å². The largest absolute Gasteiger partial charge is 0.399 e. The Morgan fingerprint density at radius 1 is 1.27 bits per heavy atom. The van der Waals surface area contributed by atoms with Crippen molar-refractivity contribution >= 4 is 17.3 Å². The minimum Gasteiger partial charge on any atom is -0.399 e. The fraction of sp³-hybridized carbons (Fsp3) is 0.200. The van der Waals surface area contributed by atoms with Gasteiger partial charge in [0.15, 0.2) is 5.82 Å². The average Bonchev–Trinajstić information content (AvgIpc) is 2.43. The fourth-order valence-corrected chi connectivity index (χ4v) is 1.68. The van der Waals surface area contributed by atoms with Gasteiger partial charge in [-0.25, -0.2) is 9.67 Å². The van der Waals surface area contributed by atoms with Gasteiger partial charge in [0, 0.05) is 17.4 Å². The first-order valence-electron chi connectivity index (χ1n) is 4.53. The molecule has 0 aliphatic rings. The van der Waals surface area contributed by atoms with Crippen molar-refractivity contribution in [1.29, 1.82) is 0 Å². The van der Waals surface area contributed by atoms with Crippen LogP contribution in [0, 0.1) is 13.8 Å². The molecule has 2 heterocycles. The van der Waals surface area contributed by atoms with Crippen LogP contribution in [-0.4, -0.2) is 14.8 Å². The van der Waals surface area contributed by atoms with Crippen LogP contribution in [0.1, 0.15) is 11.4 Å². The second kappa shape index (κ2) is 3.55. The first kappa shape index (κ1) is 9.98. The molecule has 2 aromatic heterocycles. The van der Waals surface area contributed by atoms with Crippen molar-refractivity contribution in [2.45, 2.75) is 13.8 Å².